The van der Waals surface area contributed by atoms with Crippen LogP contribution in [0, 0.1) is 6.92 Å². The van der Waals surface area contributed by atoms with Gasteiger partial charge in [-0.25, -0.2) is 4.79 Å². The van der Waals surface area contributed by atoms with Gasteiger partial charge in [0.1, 0.15) is 4.88 Å². The third kappa shape index (κ3) is 3.87. The lowest BCUT2D eigenvalue weighted by molar-refractivity contribution is 0.0702. The molecule has 0 aliphatic heterocycles. The molecule has 0 amide bonds. The summed E-state index contributed by atoms with van der Waals surface area (Å²) < 4.78 is 0. The predicted molar refractivity (Wildman–Crippen MR) is 67.1 cm³/mol. The van der Waals surface area contributed by atoms with Crippen LogP contribution in [-0.4, -0.2) is 16.8 Å². The van der Waals surface area contributed by atoms with Gasteiger partial charge in [0.15, 0.2) is 0 Å². The summed E-state index contributed by atoms with van der Waals surface area (Å²) in [5.74, 6) is 1.29. The molecule has 0 bridgehead atoms. The van der Waals surface area contributed by atoms with Crippen LogP contribution in [-0.2, 0) is 5.75 Å². The maximum Gasteiger partial charge on any atom is 0.345 e. The number of hydrogen-bond donors (Lipinski definition) is 1. The molecule has 0 aliphatic carbocycles. The molecule has 0 saturated heterocycles. The van der Waals surface area contributed by atoms with Crippen molar-refractivity contribution in [2.45, 2.75) is 32.4 Å². The molecule has 0 atom stereocenters. The zero-order valence-electron chi connectivity index (χ0n) is 9.08. The Labute approximate surface area is 98.7 Å². The number of aromatic carboxylic acids is 1. The highest BCUT2D eigenvalue weighted by Gasteiger charge is 2.10. The standard InChI is InChI=1S/C11H16O2S2/c1-3-4-5-14-7-9-6-10(11(12)13)15-8(9)2/h6H,3-5,7H2,1-2H3,(H,12,13). The maximum absolute atomic E-state index is 10.7. The molecule has 0 unspecified atom stereocenters. The Balaban J connectivity index is 2.50. The first-order chi connectivity index (χ1) is 7.15. The van der Waals surface area contributed by atoms with E-state index in [-0.39, 0.29) is 0 Å². The van der Waals surface area contributed by atoms with E-state index in [1.54, 1.807) is 6.07 Å². The Bertz CT molecular complexity index is 331. The number of carboxylic acids is 1. The van der Waals surface area contributed by atoms with Gasteiger partial charge in [0, 0.05) is 10.6 Å². The molecular weight excluding hydrogens is 228 g/mol. The lowest BCUT2D eigenvalue weighted by atomic mass is 10.3. The predicted octanol–water partition coefficient (Wildman–Crippen LogP) is 3.79. The van der Waals surface area contributed by atoms with Crippen LogP contribution in [0.15, 0.2) is 6.07 Å². The van der Waals surface area contributed by atoms with Crippen molar-refractivity contribution >= 4 is 29.1 Å². The zero-order chi connectivity index (χ0) is 11.3. The molecule has 4 heteroatoms. The van der Waals surface area contributed by atoms with Gasteiger partial charge >= 0.3 is 5.97 Å². The SMILES string of the molecule is CCCCSCc1cc(C(=O)O)sc1C. The third-order valence-electron chi connectivity index (χ3n) is 2.13. The summed E-state index contributed by atoms with van der Waals surface area (Å²) in [6, 6.07) is 1.81. The fraction of sp³-hybridized carbons (Fsp3) is 0.545. The second kappa shape index (κ2) is 6.18. The van der Waals surface area contributed by atoms with Crippen LogP contribution in [0.3, 0.4) is 0 Å². The highest BCUT2D eigenvalue weighted by Crippen LogP contribution is 2.25. The number of thiophene rings is 1. The number of carboxylic acid groups (broad SMARTS) is 1. The van der Waals surface area contributed by atoms with Crippen molar-refractivity contribution in [2.75, 3.05) is 5.75 Å². The molecule has 0 spiro atoms. The number of unbranched alkanes of at least 4 members (excludes halogenated alkanes) is 1. The average molecular weight is 244 g/mol. The van der Waals surface area contributed by atoms with Crippen LogP contribution < -0.4 is 0 Å². The first kappa shape index (κ1) is 12.6. The van der Waals surface area contributed by atoms with E-state index in [0.29, 0.717) is 4.88 Å². The molecule has 0 radical (unpaired) electrons. The van der Waals surface area contributed by atoms with Gasteiger partial charge in [-0.15, -0.1) is 11.3 Å². The highest BCUT2D eigenvalue weighted by atomic mass is 32.2. The van der Waals surface area contributed by atoms with Gasteiger partial charge in [0.2, 0.25) is 0 Å². The number of aryl methyl sites for hydroxylation is 1. The van der Waals surface area contributed by atoms with Gasteiger partial charge < -0.3 is 5.11 Å². The number of rotatable bonds is 6. The molecule has 1 rings (SSSR count). The molecule has 1 aromatic heterocycles. The van der Waals surface area contributed by atoms with Gasteiger partial charge in [0.25, 0.3) is 0 Å². The lowest BCUT2D eigenvalue weighted by Gasteiger charge is -1.99. The summed E-state index contributed by atoms with van der Waals surface area (Å²) in [5, 5.41) is 8.84. The van der Waals surface area contributed by atoms with E-state index in [2.05, 4.69) is 6.92 Å². The van der Waals surface area contributed by atoms with Crippen LogP contribution in [0.4, 0.5) is 0 Å². The van der Waals surface area contributed by atoms with E-state index >= 15 is 0 Å². The molecule has 15 heavy (non-hydrogen) atoms. The maximum atomic E-state index is 10.7. The van der Waals surface area contributed by atoms with Crippen LogP contribution in [0.25, 0.3) is 0 Å². The number of thioether (sulfide) groups is 1. The third-order valence-corrected chi connectivity index (χ3v) is 4.30. The van der Waals surface area contributed by atoms with Gasteiger partial charge in [-0.1, -0.05) is 13.3 Å². The first-order valence-electron chi connectivity index (χ1n) is 5.05. The van der Waals surface area contributed by atoms with Crippen molar-refractivity contribution in [1.82, 2.24) is 0 Å². The van der Waals surface area contributed by atoms with Crippen LogP contribution in [0.2, 0.25) is 0 Å². The van der Waals surface area contributed by atoms with Crippen molar-refractivity contribution in [3.8, 4) is 0 Å². The minimum Gasteiger partial charge on any atom is -0.477 e. The molecule has 1 aromatic rings. The topological polar surface area (TPSA) is 37.3 Å². The van der Waals surface area contributed by atoms with Crippen LogP contribution in [0.5, 0.6) is 0 Å². The molecule has 0 aliphatic rings. The Morgan fingerprint density at radius 3 is 2.87 bits per heavy atom. The second-order valence-corrected chi connectivity index (χ2v) is 5.76. The number of carbonyl (C=O) groups is 1. The lowest BCUT2D eigenvalue weighted by Crippen LogP contribution is -1.90. The second-order valence-electron chi connectivity index (χ2n) is 3.40. The minimum absolute atomic E-state index is 0.457. The van der Waals surface area contributed by atoms with E-state index in [0.717, 1.165) is 16.4 Å². The van der Waals surface area contributed by atoms with E-state index in [1.165, 1.54) is 29.7 Å². The van der Waals surface area contributed by atoms with Crippen molar-refractivity contribution < 1.29 is 9.90 Å². The summed E-state index contributed by atoms with van der Waals surface area (Å²) in [6.45, 7) is 4.17. The Kier molecular flexibility index (Phi) is 5.19. The van der Waals surface area contributed by atoms with Crippen molar-refractivity contribution in [3.63, 3.8) is 0 Å². The molecule has 0 fully saturated rings. The fourth-order valence-electron chi connectivity index (χ4n) is 1.20. The summed E-state index contributed by atoms with van der Waals surface area (Å²) in [5.41, 5.74) is 1.18. The molecule has 84 valence electrons. The van der Waals surface area contributed by atoms with Gasteiger partial charge in [0.05, 0.1) is 0 Å². The summed E-state index contributed by atoms with van der Waals surface area (Å²) in [4.78, 5) is 12.3. The highest BCUT2D eigenvalue weighted by molar-refractivity contribution is 7.98. The van der Waals surface area contributed by atoms with Gasteiger partial charge in [-0.3, -0.25) is 0 Å². The monoisotopic (exact) mass is 244 g/mol. The largest absolute Gasteiger partial charge is 0.477 e. The molecule has 0 aromatic carbocycles. The molecular formula is C11H16O2S2. The molecule has 1 N–H and O–H groups in total. The van der Waals surface area contributed by atoms with Crippen LogP contribution in [0.1, 0.15) is 39.9 Å². The van der Waals surface area contributed by atoms with E-state index < -0.39 is 5.97 Å². The van der Waals surface area contributed by atoms with Crippen LogP contribution >= 0.6 is 23.1 Å². The molecule has 1 heterocycles. The van der Waals surface area contributed by atoms with Gasteiger partial charge in [-0.2, -0.15) is 11.8 Å². The first-order valence-corrected chi connectivity index (χ1v) is 7.02. The van der Waals surface area contributed by atoms with E-state index in [9.17, 15) is 4.79 Å². The average Bonchev–Trinajstić information content (AvgIpc) is 2.55. The molecule has 0 saturated carbocycles. The fourth-order valence-corrected chi connectivity index (χ4v) is 3.33. The summed E-state index contributed by atoms with van der Waals surface area (Å²) in [6.07, 6.45) is 2.45. The smallest absolute Gasteiger partial charge is 0.345 e. The van der Waals surface area contributed by atoms with Crippen molar-refractivity contribution in [3.05, 3.63) is 21.4 Å². The van der Waals surface area contributed by atoms with Crippen molar-refractivity contribution in [2.24, 2.45) is 0 Å². The zero-order valence-corrected chi connectivity index (χ0v) is 10.7. The minimum atomic E-state index is -0.812. The Hall–Kier alpha value is -0.480. The normalized spacial score (nSPS) is 10.5. The number of hydrogen-bond acceptors (Lipinski definition) is 3. The quantitative estimate of drug-likeness (QED) is 0.774. The molecule has 2 nitrogen and oxygen atoms in total. The van der Waals surface area contributed by atoms with Crippen molar-refractivity contribution in [1.29, 1.82) is 0 Å². The Morgan fingerprint density at radius 2 is 2.33 bits per heavy atom. The van der Waals surface area contributed by atoms with Gasteiger partial charge in [-0.05, 0) is 30.7 Å². The van der Waals surface area contributed by atoms with E-state index in [1.807, 2.05) is 18.7 Å². The summed E-state index contributed by atoms with van der Waals surface area (Å²) in [7, 11) is 0. The van der Waals surface area contributed by atoms with E-state index in [4.69, 9.17) is 5.11 Å². The summed E-state index contributed by atoms with van der Waals surface area (Å²) >= 11 is 3.26. The Morgan fingerprint density at radius 1 is 1.60 bits per heavy atom.